The van der Waals surface area contributed by atoms with Gasteiger partial charge in [-0.05, 0) is 42.1 Å². The number of amidine groups is 1. The molecule has 2 aromatic rings. The maximum atomic E-state index is 12.0. The van der Waals surface area contributed by atoms with E-state index < -0.39 is 0 Å². The summed E-state index contributed by atoms with van der Waals surface area (Å²) in [5.41, 5.74) is 1.16. The monoisotopic (exact) mass is 364 g/mol. The molecule has 23 heavy (non-hydrogen) atoms. The van der Waals surface area contributed by atoms with Gasteiger partial charge in [0.1, 0.15) is 5.75 Å². The molecule has 4 nitrogen and oxygen atoms in total. The summed E-state index contributed by atoms with van der Waals surface area (Å²) in [6.07, 6.45) is 1.62. The summed E-state index contributed by atoms with van der Waals surface area (Å²) in [6, 6.07) is 11.8. The molecule has 0 bridgehead atoms. The Kier molecular flexibility index (Phi) is 4.61. The minimum atomic E-state index is -0.267. The van der Waals surface area contributed by atoms with Crippen LogP contribution in [0.5, 0.6) is 5.75 Å². The van der Waals surface area contributed by atoms with Crippen LogP contribution in [0, 0.1) is 0 Å². The summed E-state index contributed by atoms with van der Waals surface area (Å²) in [5, 5.41) is 13.7. The Morgan fingerprint density at radius 2 is 1.91 bits per heavy atom. The molecule has 0 saturated carbocycles. The lowest BCUT2D eigenvalue weighted by Crippen LogP contribution is -2.19. The van der Waals surface area contributed by atoms with Gasteiger partial charge in [-0.2, -0.15) is 0 Å². The maximum absolute atomic E-state index is 12.0. The first-order chi connectivity index (χ1) is 11.0. The van der Waals surface area contributed by atoms with E-state index in [0.29, 0.717) is 31.4 Å². The molecule has 0 aliphatic carbocycles. The molecular formula is C16H10Cl2N2O2S. The van der Waals surface area contributed by atoms with Crippen molar-refractivity contribution < 1.29 is 9.90 Å². The molecule has 3 rings (SSSR count). The number of carbonyl (C=O) groups excluding carboxylic acids is 1. The predicted octanol–water partition coefficient (Wildman–Crippen LogP) is 4.59. The van der Waals surface area contributed by atoms with Crippen molar-refractivity contribution in [2.45, 2.75) is 0 Å². The normalized spacial score (nSPS) is 17.7. The van der Waals surface area contributed by atoms with Gasteiger partial charge in [0, 0.05) is 5.56 Å². The molecule has 0 unspecified atom stereocenters. The van der Waals surface area contributed by atoms with Crippen LogP contribution < -0.4 is 5.32 Å². The zero-order valence-electron chi connectivity index (χ0n) is 11.6. The van der Waals surface area contributed by atoms with E-state index in [9.17, 15) is 9.90 Å². The third kappa shape index (κ3) is 3.69. The number of phenolic OH excluding ortho intramolecular Hbond substituents is 1. The Bertz CT molecular complexity index is 850. The van der Waals surface area contributed by atoms with Crippen molar-refractivity contribution in [2.24, 2.45) is 4.99 Å². The second kappa shape index (κ2) is 6.66. The third-order valence-electron chi connectivity index (χ3n) is 3.01. The Hall–Kier alpha value is -1.95. The number of halogens is 2. The highest BCUT2D eigenvalue weighted by Gasteiger charge is 2.24. The van der Waals surface area contributed by atoms with Gasteiger partial charge < -0.3 is 10.4 Å². The maximum Gasteiger partial charge on any atom is 0.264 e. The Balaban J connectivity index is 1.86. The lowest BCUT2D eigenvalue weighted by atomic mass is 10.2. The molecule has 1 saturated heterocycles. The molecule has 1 amide bonds. The first-order valence-electron chi connectivity index (χ1n) is 6.55. The SMILES string of the molecule is O=C1NC(=Nc2ccc(Cl)c(Cl)c2)SC1=Cc1ccccc1O. The molecule has 0 aromatic heterocycles. The van der Waals surface area contributed by atoms with Crippen molar-refractivity contribution in [3.63, 3.8) is 0 Å². The zero-order chi connectivity index (χ0) is 16.4. The van der Waals surface area contributed by atoms with Gasteiger partial charge in [0.15, 0.2) is 5.17 Å². The first kappa shape index (κ1) is 15.9. The average Bonchev–Trinajstić information content (AvgIpc) is 2.85. The summed E-state index contributed by atoms with van der Waals surface area (Å²) in [4.78, 5) is 16.8. The number of rotatable bonds is 2. The number of para-hydroxylation sites is 1. The van der Waals surface area contributed by atoms with Crippen LogP contribution in [-0.4, -0.2) is 16.2 Å². The van der Waals surface area contributed by atoms with Gasteiger partial charge in [0.2, 0.25) is 0 Å². The van der Waals surface area contributed by atoms with Crippen LogP contribution in [0.25, 0.3) is 6.08 Å². The van der Waals surface area contributed by atoms with E-state index in [1.807, 2.05) is 0 Å². The lowest BCUT2D eigenvalue weighted by molar-refractivity contribution is -0.115. The minimum absolute atomic E-state index is 0.114. The molecule has 1 aliphatic heterocycles. The largest absolute Gasteiger partial charge is 0.507 e. The van der Waals surface area contributed by atoms with E-state index in [2.05, 4.69) is 10.3 Å². The number of thioether (sulfide) groups is 1. The second-order valence-corrected chi connectivity index (χ2v) is 6.48. The molecule has 2 N–H and O–H groups in total. The van der Waals surface area contributed by atoms with E-state index >= 15 is 0 Å². The molecule has 0 atom stereocenters. The van der Waals surface area contributed by atoms with Crippen molar-refractivity contribution in [3.8, 4) is 5.75 Å². The minimum Gasteiger partial charge on any atom is -0.507 e. The number of nitrogens with one attached hydrogen (secondary N) is 1. The van der Waals surface area contributed by atoms with Crippen LogP contribution >= 0.6 is 35.0 Å². The molecule has 1 fully saturated rings. The third-order valence-corrected chi connectivity index (χ3v) is 4.66. The van der Waals surface area contributed by atoms with Gasteiger partial charge in [-0.15, -0.1) is 0 Å². The quantitative estimate of drug-likeness (QED) is 0.766. The number of aromatic hydroxyl groups is 1. The van der Waals surface area contributed by atoms with Crippen LogP contribution in [0.2, 0.25) is 10.0 Å². The number of hydrogen-bond donors (Lipinski definition) is 2. The Morgan fingerprint density at radius 1 is 1.13 bits per heavy atom. The number of phenols is 1. The van der Waals surface area contributed by atoms with Gasteiger partial charge in [-0.3, -0.25) is 4.79 Å². The zero-order valence-corrected chi connectivity index (χ0v) is 13.9. The van der Waals surface area contributed by atoms with Gasteiger partial charge in [-0.1, -0.05) is 41.4 Å². The molecule has 116 valence electrons. The number of hydrogen-bond acceptors (Lipinski definition) is 4. The Labute approximate surface area is 146 Å². The number of benzene rings is 2. The number of nitrogens with zero attached hydrogens (tertiary/aromatic N) is 1. The van der Waals surface area contributed by atoms with Crippen LogP contribution in [0.1, 0.15) is 5.56 Å². The van der Waals surface area contributed by atoms with Crippen molar-refractivity contribution >= 4 is 57.8 Å². The van der Waals surface area contributed by atoms with E-state index in [0.717, 1.165) is 0 Å². The number of amides is 1. The second-order valence-electron chi connectivity index (χ2n) is 4.64. The molecule has 7 heteroatoms. The average molecular weight is 365 g/mol. The van der Waals surface area contributed by atoms with Crippen molar-refractivity contribution in [2.75, 3.05) is 0 Å². The smallest absolute Gasteiger partial charge is 0.264 e. The molecule has 0 spiro atoms. The van der Waals surface area contributed by atoms with E-state index in [1.54, 1.807) is 48.5 Å². The van der Waals surface area contributed by atoms with E-state index in [-0.39, 0.29) is 11.7 Å². The highest BCUT2D eigenvalue weighted by atomic mass is 35.5. The summed E-state index contributed by atoms with van der Waals surface area (Å²) in [6.45, 7) is 0. The van der Waals surface area contributed by atoms with Crippen molar-refractivity contribution in [3.05, 3.63) is 63.0 Å². The molecule has 0 radical (unpaired) electrons. The van der Waals surface area contributed by atoms with E-state index in [1.165, 1.54) is 11.8 Å². The topological polar surface area (TPSA) is 61.7 Å². The fourth-order valence-electron chi connectivity index (χ4n) is 1.90. The van der Waals surface area contributed by atoms with Crippen LogP contribution in [0.4, 0.5) is 5.69 Å². The summed E-state index contributed by atoms with van der Waals surface area (Å²) in [7, 11) is 0. The summed E-state index contributed by atoms with van der Waals surface area (Å²) in [5.74, 6) is -0.152. The highest BCUT2D eigenvalue weighted by molar-refractivity contribution is 8.18. The van der Waals surface area contributed by atoms with Gasteiger partial charge in [0.25, 0.3) is 5.91 Å². The van der Waals surface area contributed by atoms with Crippen molar-refractivity contribution in [1.82, 2.24) is 5.32 Å². The number of carbonyl (C=O) groups is 1. The van der Waals surface area contributed by atoms with Crippen molar-refractivity contribution in [1.29, 1.82) is 0 Å². The van der Waals surface area contributed by atoms with Crippen LogP contribution in [0.3, 0.4) is 0 Å². The fourth-order valence-corrected chi connectivity index (χ4v) is 3.03. The van der Waals surface area contributed by atoms with Crippen LogP contribution in [-0.2, 0) is 4.79 Å². The first-order valence-corrected chi connectivity index (χ1v) is 8.13. The highest BCUT2D eigenvalue weighted by Crippen LogP contribution is 2.31. The summed E-state index contributed by atoms with van der Waals surface area (Å²) >= 11 is 13.0. The molecule has 1 aliphatic rings. The van der Waals surface area contributed by atoms with Gasteiger partial charge >= 0.3 is 0 Å². The molecule has 1 heterocycles. The van der Waals surface area contributed by atoms with E-state index in [4.69, 9.17) is 23.2 Å². The fraction of sp³-hybridized carbons (Fsp3) is 0. The van der Waals surface area contributed by atoms with Gasteiger partial charge in [0.05, 0.1) is 20.6 Å². The predicted molar refractivity (Wildman–Crippen MR) is 95.4 cm³/mol. The Morgan fingerprint density at radius 3 is 2.65 bits per heavy atom. The lowest BCUT2D eigenvalue weighted by Gasteiger charge is -1.99. The molecule has 2 aromatic carbocycles. The standard InChI is InChI=1S/C16H10Cl2N2O2S/c17-11-6-5-10(8-12(11)18)19-16-20-15(22)14(23-16)7-9-3-1-2-4-13(9)21/h1-8,21H,(H,19,20,22). The summed E-state index contributed by atoms with van der Waals surface area (Å²) < 4.78 is 0. The number of aliphatic imine (C=N–C) groups is 1. The van der Waals surface area contributed by atoms with Gasteiger partial charge in [-0.25, -0.2) is 4.99 Å². The van der Waals surface area contributed by atoms with Crippen LogP contribution in [0.15, 0.2) is 52.4 Å². The molecular weight excluding hydrogens is 355 g/mol.